The van der Waals surface area contributed by atoms with Gasteiger partial charge in [0.2, 0.25) is 0 Å². The van der Waals surface area contributed by atoms with Crippen molar-refractivity contribution in [3.63, 3.8) is 0 Å². The SMILES string of the molecule is Cc1cc(C(C)(O)CNC(=O)Nc2c(F)cccc2F)c(C)o1. The molecule has 1 unspecified atom stereocenters. The molecule has 2 rings (SSSR count). The van der Waals surface area contributed by atoms with E-state index in [9.17, 15) is 18.7 Å². The average Bonchev–Trinajstić information content (AvgIpc) is 2.81. The minimum atomic E-state index is -1.38. The van der Waals surface area contributed by atoms with Crippen molar-refractivity contribution in [2.75, 3.05) is 11.9 Å². The van der Waals surface area contributed by atoms with Crippen molar-refractivity contribution >= 4 is 11.7 Å². The molecule has 0 aliphatic carbocycles. The number of halogens is 2. The van der Waals surface area contributed by atoms with Gasteiger partial charge in [-0.2, -0.15) is 0 Å². The summed E-state index contributed by atoms with van der Waals surface area (Å²) in [5.41, 5.74) is -1.39. The van der Waals surface area contributed by atoms with Crippen LogP contribution in [-0.4, -0.2) is 17.7 Å². The van der Waals surface area contributed by atoms with Gasteiger partial charge in [0, 0.05) is 5.56 Å². The van der Waals surface area contributed by atoms with E-state index >= 15 is 0 Å². The van der Waals surface area contributed by atoms with Crippen molar-refractivity contribution in [3.05, 3.63) is 53.0 Å². The summed E-state index contributed by atoms with van der Waals surface area (Å²) in [5, 5.41) is 14.9. The smallest absolute Gasteiger partial charge is 0.319 e. The lowest BCUT2D eigenvalue weighted by atomic mass is 9.96. The Morgan fingerprint density at radius 2 is 1.91 bits per heavy atom. The molecule has 7 heteroatoms. The van der Waals surface area contributed by atoms with Gasteiger partial charge in [0.15, 0.2) is 0 Å². The van der Waals surface area contributed by atoms with E-state index in [4.69, 9.17) is 4.42 Å². The Kier molecular flexibility index (Phi) is 4.70. The van der Waals surface area contributed by atoms with Gasteiger partial charge < -0.3 is 20.2 Å². The van der Waals surface area contributed by atoms with Crippen molar-refractivity contribution < 1.29 is 23.1 Å². The maximum atomic E-state index is 13.5. The number of carbonyl (C=O) groups is 1. The van der Waals surface area contributed by atoms with E-state index in [1.807, 2.05) is 0 Å². The third-order valence-corrected chi connectivity index (χ3v) is 3.42. The molecule has 0 fully saturated rings. The highest BCUT2D eigenvalue weighted by molar-refractivity contribution is 5.89. The minimum Gasteiger partial charge on any atom is -0.466 e. The van der Waals surface area contributed by atoms with Crippen LogP contribution >= 0.6 is 0 Å². The Morgan fingerprint density at radius 3 is 2.43 bits per heavy atom. The zero-order valence-electron chi connectivity index (χ0n) is 13.0. The molecule has 1 heterocycles. The average molecular weight is 324 g/mol. The second-order valence-corrected chi connectivity index (χ2v) is 5.51. The molecule has 0 aliphatic heterocycles. The molecule has 0 bridgehead atoms. The number of amides is 2. The molecule has 1 aromatic heterocycles. The van der Waals surface area contributed by atoms with Crippen LogP contribution < -0.4 is 10.6 Å². The Hall–Kier alpha value is -2.41. The van der Waals surface area contributed by atoms with E-state index in [0.717, 1.165) is 12.1 Å². The van der Waals surface area contributed by atoms with Crippen LogP contribution in [0.2, 0.25) is 0 Å². The van der Waals surface area contributed by atoms with Crippen molar-refractivity contribution in [2.45, 2.75) is 26.4 Å². The van der Waals surface area contributed by atoms with Gasteiger partial charge in [-0.1, -0.05) is 6.07 Å². The molecular weight excluding hydrogens is 306 g/mol. The number of rotatable bonds is 4. The maximum absolute atomic E-state index is 13.5. The van der Waals surface area contributed by atoms with Crippen LogP contribution in [0.25, 0.3) is 0 Å². The first-order chi connectivity index (χ1) is 10.7. The Morgan fingerprint density at radius 1 is 1.30 bits per heavy atom. The number of nitrogens with one attached hydrogen (secondary N) is 2. The summed E-state index contributed by atoms with van der Waals surface area (Å²) in [7, 11) is 0. The molecule has 2 amide bonds. The van der Waals surface area contributed by atoms with Crippen LogP contribution in [0.15, 0.2) is 28.7 Å². The summed E-state index contributed by atoms with van der Waals surface area (Å²) in [6.45, 7) is 4.79. The third-order valence-electron chi connectivity index (χ3n) is 3.42. The van der Waals surface area contributed by atoms with E-state index < -0.39 is 29.0 Å². The number of carbonyl (C=O) groups excluding carboxylic acids is 1. The molecule has 5 nitrogen and oxygen atoms in total. The van der Waals surface area contributed by atoms with Gasteiger partial charge in [-0.05, 0) is 39.0 Å². The number of anilines is 1. The van der Waals surface area contributed by atoms with Gasteiger partial charge in [-0.25, -0.2) is 13.6 Å². The van der Waals surface area contributed by atoms with E-state index in [0.29, 0.717) is 17.1 Å². The summed E-state index contributed by atoms with van der Waals surface area (Å²) in [6, 6.07) is 4.11. The molecule has 23 heavy (non-hydrogen) atoms. The fourth-order valence-corrected chi connectivity index (χ4v) is 2.29. The lowest BCUT2D eigenvalue weighted by Gasteiger charge is -2.23. The molecule has 0 aliphatic rings. The van der Waals surface area contributed by atoms with E-state index in [-0.39, 0.29) is 6.54 Å². The summed E-state index contributed by atoms with van der Waals surface area (Å²) in [4.78, 5) is 11.8. The predicted molar refractivity (Wildman–Crippen MR) is 81.1 cm³/mol. The van der Waals surface area contributed by atoms with Crippen molar-refractivity contribution in [2.24, 2.45) is 0 Å². The van der Waals surface area contributed by atoms with Gasteiger partial charge in [-0.15, -0.1) is 0 Å². The highest BCUT2D eigenvalue weighted by atomic mass is 19.1. The monoisotopic (exact) mass is 324 g/mol. The quantitative estimate of drug-likeness (QED) is 0.808. The number of benzene rings is 1. The summed E-state index contributed by atoms with van der Waals surface area (Å²) in [5.74, 6) is -0.591. The summed E-state index contributed by atoms with van der Waals surface area (Å²) >= 11 is 0. The summed E-state index contributed by atoms with van der Waals surface area (Å²) < 4.78 is 32.3. The predicted octanol–water partition coefficient (Wildman–Crippen LogP) is 3.20. The lowest BCUT2D eigenvalue weighted by Crippen LogP contribution is -2.41. The van der Waals surface area contributed by atoms with Crippen LogP contribution in [0.5, 0.6) is 0 Å². The first-order valence-electron chi connectivity index (χ1n) is 6.99. The third kappa shape index (κ3) is 3.87. The zero-order chi connectivity index (χ0) is 17.2. The number of para-hydroxylation sites is 1. The van der Waals surface area contributed by atoms with Gasteiger partial charge in [0.25, 0.3) is 0 Å². The second kappa shape index (κ2) is 6.37. The molecule has 0 saturated heterocycles. The number of urea groups is 1. The van der Waals surface area contributed by atoms with Gasteiger partial charge >= 0.3 is 6.03 Å². The number of hydrogen-bond acceptors (Lipinski definition) is 3. The van der Waals surface area contributed by atoms with E-state index in [1.165, 1.54) is 13.0 Å². The van der Waals surface area contributed by atoms with Crippen molar-refractivity contribution in [3.8, 4) is 0 Å². The molecule has 2 aromatic rings. The fourth-order valence-electron chi connectivity index (χ4n) is 2.29. The first kappa shape index (κ1) is 17.0. The van der Waals surface area contributed by atoms with Gasteiger partial charge in [0.05, 0.1) is 6.54 Å². The highest BCUT2D eigenvalue weighted by Crippen LogP contribution is 2.26. The molecular formula is C16H18F2N2O3. The second-order valence-electron chi connectivity index (χ2n) is 5.51. The zero-order valence-corrected chi connectivity index (χ0v) is 13.0. The number of aliphatic hydroxyl groups is 1. The Labute approximate surface area is 132 Å². The molecule has 0 spiro atoms. The largest absolute Gasteiger partial charge is 0.466 e. The number of furan rings is 1. The van der Waals surface area contributed by atoms with Crippen LogP contribution in [0.3, 0.4) is 0 Å². The molecule has 124 valence electrons. The standard InChI is InChI=1S/C16H18F2N2O3/c1-9-7-11(10(2)23-9)16(3,22)8-19-15(21)20-14-12(17)5-4-6-13(14)18/h4-7,22H,8H2,1-3H3,(H2,19,20,21). The van der Waals surface area contributed by atoms with E-state index in [2.05, 4.69) is 10.6 Å². The highest BCUT2D eigenvalue weighted by Gasteiger charge is 2.28. The van der Waals surface area contributed by atoms with Crippen LogP contribution in [0, 0.1) is 25.5 Å². The van der Waals surface area contributed by atoms with Gasteiger partial charge in [0.1, 0.15) is 34.4 Å². The Bertz CT molecular complexity index is 706. The molecule has 3 N–H and O–H groups in total. The van der Waals surface area contributed by atoms with Crippen LogP contribution in [0.4, 0.5) is 19.3 Å². The first-order valence-corrected chi connectivity index (χ1v) is 6.99. The number of hydrogen-bond donors (Lipinski definition) is 3. The van der Waals surface area contributed by atoms with Gasteiger partial charge in [-0.3, -0.25) is 0 Å². The van der Waals surface area contributed by atoms with Crippen LogP contribution in [-0.2, 0) is 5.60 Å². The summed E-state index contributed by atoms with van der Waals surface area (Å²) in [6.07, 6.45) is 0. The van der Waals surface area contributed by atoms with Crippen molar-refractivity contribution in [1.82, 2.24) is 5.32 Å². The van der Waals surface area contributed by atoms with Crippen molar-refractivity contribution in [1.29, 1.82) is 0 Å². The minimum absolute atomic E-state index is 0.158. The molecule has 1 atom stereocenters. The topological polar surface area (TPSA) is 74.5 Å². The maximum Gasteiger partial charge on any atom is 0.319 e. The lowest BCUT2D eigenvalue weighted by molar-refractivity contribution is 0.0584. The molecule has 1 aromatic carbocycles. The molecule has 0 radical (unpaired) electrons. The number of aryl methyl sites for hydroxylation is 2. The fraction of sp³-hybridized carbons (Fsp3) is 0.312. The molecule has 0 saturated carbocycles. The Balaban J connectivity index is 2.03. The van der Waals surface area contributed by atoms with Crippen LogP contribution in [0.1, 0.15) is 24.0 Å². The normalized spacial score (nSPS) is 13.5. The van der Waals surface area contributed by atoms with E-state index in [1.54, 1.807) is 19.9 Å².